The summed E-state index contributed by atoms with van der Waals surface area (Å²) in [6.07, 6.45) is 4.95. The SMILES string of the molecule is COc1ccc(CNC2CCCc3[nH]c(=O)ccc32)cn1. The summed E-state index contributed by atoms with van der Waals surface area (Å²) in [4.78, 5) is 18.5. The van der Waals surface area contributed by atoms with Crippen LogP contribution in [0.5, 0.6) is 5.88 Å². The summed E-state index contributed by atoms with van der Waals surface area (Å²) in [6, 6.07) is 7.71. The number of methoxy groups -OCH3 is 1. The smallest absolute Gasteiger partial charge is 0.248 e. The Morgan fingerprint density at radius 3 is 3.05 bits per heavy atom. The molecule has 0 aliphatic heterocycles. The van der Waals surface area contributed by atoms with Crippen molar-refractivity contribution in [3.05, 3.63) is 57.6 Å². The van der Waals surface area contributed by atoms with Crippen LogP contribution in [-0.4, -0.2) is 17.1 Å². The van der Waals surface area contributed by atoms with E-state index < -0.39 is 0 Å². The van der Waals surface area contributed by atoms with Crippen molar-refractivity contribution < 1.29 is 4.74 Å². The molecule has 2 N–H and O–H groups in total. The van der Waals surface area contributed by atoms with E-state index in [1.807, 2.05) is 24.4 Å². The fraction of sp³-hybridized carbons (Fsp3) is 0.375. The van der Waals surface area contributed by atoms with Gasteiger partial charge in [0.25, 0.3) is 0 Å². The number of aromatic amines is 1. The van der Waals surface area contributed by atoms with Gasteiger partial charge in [0.2, 0.25) is 11.4 Å². The van der Waals surface area contributed by atoms with E-state index >= 15 is 0 Å². The number of aromatic nitrogens is 2. The van der Waals surface area contributed by atoms with E-state index in [4.69, 9.17) is 4.74 Å². The number of ether oxygens (including phenoxy) is 1. The van der Waals surface area contributed by atoms with Crippen LogP contribution in [0.15, 0.2) is 35.3 Å². The molecule has 0 spiro atoms. The zero-order chi connectivity index (χ0) is 14.7. The first kappa shape index (κ1) is 13.8. The standard InChI is InChI=1S/C16H19N3O2/c1-21-16-8-5-11(10-18-16)9-17-13-3-2-4-14-12(13)6-7-15(20)19-14/h5-8,10,13,17H,2-4,9H2,1H3,(H,19,20). The molecule has 5 nitrogen and oxygen atoms in total. The van der Waals surface area contributed by atoms with Gasteiger partial charge in [0, 0.05) is 36.6 Å². The van der Waals surface area contributed by atoms with Crippen molar-refractivity contribution in [1.29, 1.82) is 0 Å². The molecule has 1 aliphatic rings. The van der Waals surface area contributed by atoms with Gasteiger partial charge in [-0.25, -0.2) is 4.98 Å². The topological polar surface area (TPSA) is 67.0 Å². The van der Waals surface area contributed by atoms with Gasteiger partial charge >= 0.3 is 0 Å². The second-order valence-electron chi connectivity index (χ2n) is 5.29. The van der Waals surface area contributed by atoms with E-state index in [9.17, 15) is 4.79 Å². The van der Waals surface area contributed by atoms with Crippen molar-refractivity contribution in [2.75, 3.05) is 7.11 Å². The van der Waals surface area contributed by atoms with E-state index in [2.05, 4.69) is 15.3 Å². The second-order valence-corrected chi connectivity index (χ2v) is 5.29. The van der Waals surface area contributed by atoms with E-state index in [0.717, 1.165) is 37.1 Å². The van der Waals surface area contributed by atoms with Crippen LogP contribution in [0.4, 0.5) is 0 Å². The van der Waals surface area contributed by atoms with Crippen LogP contribution >= 0.6 is 0 Å². The summed E-state index contributed by atoms with van der Waals surface area (Å²) in [6.45, 7) is 0.750. The Balaban J connectivity index is 1.70. The lowest BCUT2D eigenvalue weighted by Crippen LogP contribution is -2.27. The Labute approximate surface area is 123 Å². The van der Waals surface area contributed by atoms with Gasteiger partial charge in [-0.15, -0.1) is 0 Å². The maximum atomic E-state index is 11.4. The monoisotopic (exact) mass is 285 g/mol. The Morgan fingerprint density at radius 1 is 1.38 bits per heavy atom. The van der Waals surface area contributed by atoms with Gasteiger partial charge in [0.05, 0.1) is 7.11 Å². The maximum Gasteiger partial charge on any atom is 0.248 e. The third-order valence-corrected chi connectivity index (χ3v) is 3.89. The number of pyridine rings is 2. The molecule has 0 saturated heterocycles. The molecular weight excluding hydrogens is 266 g/mol. The van der Waals surface area contributed by atoms with Crippen LogP contribution in [-0.2, 0) is 13.0 Å². The Hall–Kier alpha value is -2.14. The average molecular weight is 285 g/mol. The van der Waals surface area contributed by atoms with Crippen molar-refractivity contribution >= 4 is 0 Å². The first-order valence-corrected chi connectivity index (χ1v) is 7.20. The van der Waals surface area contributed by atoms with Crippen LogP contribution in [0, 0.1) is 0 Å². The van der Waals surface area contributed by atoms with Crippen LogP contribution < -0.4 is 15.6 Å². The summed E-state index contributed by atoms with van der Waals surface area (Å²) in [7, 11) is 1.61. The molecule has 110 valence electrons. The van der Waals surface area contributed by atoms with Crippen LogP contribution in [0.1, 0.15) is 35.7 Å². The highest BCUT2D eigenvalue weighted by Gasteiger charge is 2.20. The van der Waals surface area contributed by atoms with Gasteiger partial charge in [-0.2, -0.15) is 0 Å². The third kappa shape index (κ3) is 3.13. The number of hydrogen-bond donors (Lipinski definition) is 2. The first-order chi connectivity index (χ1) is 10.3. The zero-order valence-electron chi connectivity index (χ0n) is 12.1. The molecule has 1 aliphatic carbocycles. The lowest BCUT2D eigenvalue weighted by Gasteiger charge is -2.26. The Kier molecular flexibility index (Phi) is 4.01. The number of nitrogens with zero attached hydrogens (tertiary/aromatic N) is 1. The first-order valence-electron chi connectivity index (χ1n) is 7.20. The average Bonchev–Trinajstić information content (AvgIpc) is 2.53. The van der Waals surface area contributed by atoms with Crippen molar-refractivity contribution in [3.8, 4) is 5.88 Å². The Bertz CT molecular complexity index is 664. The molecule has 2 heterocycles. The molecule has 2 aromatic heterocycles. The summed E-state index contributed by atoms with van der Waals surface area (Å²) in [5.41, 5.74) is 3.38. The molecule has 2 aromatic rings. The molecule has 1 atom stereocenters. The molecular formula is C16H19N3O2. The molecule has 0 saturated carbocycles. The van der Waals surface area contributed by atoms with Crippen molar-refractivity contribution in [2.45, 2.75) is 31.8 Å². The van der Waals surface area contributed by atoms with Gasteiger partial charge in [0.15, 0.2) is 0 Å². The van der Waals surface area contributed by atoms with Gasteiger partial charge < -0.3 is 15.0 Å². The second kappa shape index (κ2) is 6.10. The number of nitrogens with one attached hydrogen (secondary N) is 2. The molecule has 0 fully saturated rings. The van der Waals surface area contributed by atoms with Crippen LogP contribution in [0.2, 0.25) is 0 Å². The highest BCUT2D eigenvalue weighted by molar-refractivity contribution is 5.26. The summed E-state index contributed by atoms with van der Waals surface area (Å²) >= 11 is 0. The molecule has 21 heavy (non-hydrogen) atoms. The number of aryl methyl sites for hydroxylation is 1. The number of hydrogen-bond acceptors (Lipinski definition) is 4. The lowest BCUT2D eigenvalue weighted by molar-refractivity contribution is 0.397. The fourth-order valence-corrected chi connectivity index (χ4v) is 2.79. The van der Waals surface area contributed by atoms with Gasteiger partial charge in [0.1, 0.15) is 0 Å². The quantitative estimate of drug-likeness (QED) is 0.901. The van der Waals surface area contributed by atoms with Crippen LogP contribution in [0.25, 0.3) is 0 Å². The van der Waals surface area contributed by atoms with Crippen molar-refractivity contribution in [3.63, 3.8) is 0 Å². The number of rotatable bonds is 4. The van der Waals surface area contributed by atoms with Crippen LogP contribution in [0.3, 0.4) is 0 Å². The minimum atomic E-state index is -0.0197. The molecule has 3 rings (SSSR count). The van der Waals surface area contributed by atoms with Crippen molar-refractivity contribution in [1.82, 2.24) is 15.3 Å². The predicted octanol–water partition coefficient (Wildman–Crippen LogP) is 1.95. The summed E-state index contributed by atoms with van der Waals surface area (Å²) in [5, 5.41) is 3.55. The largest absolute Gasteiger partial charge is 0.481 e. The minimum Gasteiger partial charge on any atom is -0.481 e. The van der Waals surface area contributed by atoms with E-state index in [1.54, 1.807) is 13.2 Å². The van der Waals surface area contributed by atoms with E-state index in [-0.39, 0.29) is 11.6 Å². The third-order valence-electron chi connectivity index (χ3n) is 3.89. The fourth-order valence-electron chi connectivity index (χ4n) is 2.79. The van der Waals surface area contributed by atoms with Gasteiger partial charge in [-0.05, 0) is 30.4 Å². The highest BCUT2D eigenvalue weighted by atomic mass is 16.5. The minimum absolute atomic E-state index is 0.0197. The zero-order valence-corrected chi connectivity index (χ0v) is 12.1. The molecule has 0 radical (unpaired) electrons. The van der Waals surface area contributed by atoms with Gasteiger partial charge in [-0.1, -0.05) is 12.1 Å². The molecule has 0 amide bonds. The normalized spacial score (nSPS) is 17.3. The molecule has 1 unspecified atom stereocenters. The van der Waals surface area contributed by atoms with Crippen molar-refractivity contribution in [2.24, 2.45) is 0 Å². The molecule has 0 aromatic carbocycles. The maximum absolute atomic E-state index is 11.4. The summed E-state index contributed by atoms with van der Waals surface area (Å²) < 4.78 is 5.06. The molecule has 5 heteroatoms. The lowest BCUT2D eigenvalue weighted by atomic mass is 9.91. The predicted molar refractivity (Wildman–Crippen MR) is 80.4 cm³/mol. The Morgan fingerprint density at radius 2 is 2.29 bits per heavy atom. The van der Waals surface area contributed by atoms with E-state index in [0.29, 0.717) is 5.88 Å². The highest BCUT2D eigenvalue weighted by Crippen LogP contribution is 2.27. The number of H-pyrrole nitrogens is 1. The van der Waals surface area contributed by atoms with E-state index in [1.165, 1.54) is 5.56 Å². The molecule has 0 bridgehead atoms. The number of fused-ring (bicyclic) bond motifs is 1. The van der Waals surface area contributed by atoms with Gasteiger partial charge in [-0.3, -0.25) is 4.79 Å². The summed E-state index contributed by atoms with van der Waals surface area (Å²) in [5.74, 6) is 0.624.